The Hall–Kier alpha value is -1.10. The highest BCUT2D eigenvalue weighted by Crippen LogP contribution is 2.42. The van der Waals surface area contributed by atoms with Gasteiger partial charge in [0.15, 0.2) is 0 Å². The third-order valence-electron chi connectivity index (χ3n) is 4.62. The van der Waals surface area contributed by atoms with Crippen molar-refractivity contribution in [2.45, 2.75) is 52.1 Å². The molecule has 0 bridgehead atoms. The quantitative estimate of drug-likeness (QED) is 0.735. The molecule has 0 saturated carbocycles. The number of rotatable bonds is 2. The summed E-state index contributed by atoms with van der Waals surface area (Å²) in [6.07, 6.45) is 4.24. The minimum Gasteiger partial charge on any atom is -0.444 e. The van der Waals surface area contributed by atoms with Gasteiger partial charge in [0.05, 0.1) is 0 Å². The lowest BCUT2D eigenvalue weighted by molar-refractivity contribution is -0.125. The van der Waals surface area contributed by atoms with E-state index in [2.05, 4.69) is 0 Å². The van der Waals surface area contributed by atoms with Gasteiger partial charge in [-0.25, -0.2) is 4.79 Å². The van der Waals surface area contributed by atoms with Crippen LogP contribution in [0.3, 0.4) is 0 Å². The number of hydrogen-bond acceptors (Lipinski definition) is 4. The standard InChI is InChI=1S/C16H27NO4/c1-15(2,3)21-14(19)17-8-6-16(12-18,7-9-17)13-4-10-20-11-5-13/h12-13H,4-11H2,1-3H3. The predicted octanol–water partition coefficient (Wildman–Crippen LogP) is 2.63. The minimum absolute atomic E-state index is 0.269. The molecule has 0 aliphatic carbocycles. The van der Waals surface area contributed by atoms with E-state index >= 15 is 0 Å². The zero-order chi connectivity index (χ0) is 15.5. The van der Waals surface area contributed by atoms with Gasteiger partial charge in [0.1, 0.15) is 11.9 Å². The molecule has 5 heteroatoms. The molecule has 1 amide bonds. The summed E-state index contributed by atoms with van der Waals surface area (Å²) < 4.78 is 10.8. The number of ether oxygens (including phenoxy) is 2. The van der Waals surface area contributed by atoms with Crippen molar-refractivity contribution < 1.29 is 19.1 Å². The molecule has 2 saturated heterocycles. The Morgan fingerprint density at radius 3 is 2.29 bits per heavy atom. The lowest BCUT2D eigenvalue weighted by Crippen LogP contribution is -2.49. The highest BCUT2D eigenvalue weighted by molar-refractivity contribution is 5.69. The highest BCUT2D eigenvalue weighted by Gasteiger charge is 2.43. The van der Waals surface area contributed by atoms with Crippen molar-refractivity contribution in [2.75, 3.05) is 26.3 Å². The molecule has 0 radical (unpaired) electrons. The second kappa shape index (κ2) is 6.34. The second-order valence-electron chi connectivity index (χ2n) is 7.21. The monoisotopic (exact) mass is 297 g/mol. The average molecular weight is 297 g/mol. The number of carbonyl (C=O) groups is 2. The third kappa shape index (κ3) is 3.96. The normalized spacial score (nSPS) is 23.7. The molecule has 2 fully saturated rings. The zero-order valence-electron chi connectivity index (χ0n) is 13.4. The molecule has 0 atom stereocenters. The van der Waals surface area contributed by atoms with Crippen LogP contribution in [-0.2, 0) is 14.3 Å². The average Bonchev–Trinajstić information content (AvgIpc) is 2.46. The van der Waals surface area contributed by atoms with Crippen LogP contribution in [0.25, 0.3) is 0 Å². The maximum Gasteiger partial charge on any atom is 0.410 e. The Bertz CT molecular complexity index is 374. The molecule has 0 unspecified atom stereocenters. The first kappa shape index (κ1) is 16.3. The fourth-order valence-corrected chi connectivity index (χ4v) is 3.33. The Morgan fingerprint density at radius 1 is 1.24 bits per heavy atom. The van der Waals surface area contributed by atoms with E-state index in [1.807, 2.05) is 20.8 Å². The fraction of sp³-hybridized carbons (Fsp3) is 0.875. The van der Waals surface area contributed by atoms with Crippen LogP contribution in [-0.4, -0.2) is 49.2 Å². The molecule has 0 aromatic carbocycles. The molecular formula is C16H27NO4. The first-order valence-electron chi connectivity index (χ1n) is 7.88. The molecule has 0 N–H and O–H groups in total. The maximum atomic E-state index is 12.1. The molecule has 0 spiro atoms. The summed E-state index contributed by atoms with van der Waals surface area (Å²) in [5, 5.41) is 0. The van der Waals surface area contributed by atoms with E-state index < -0.39 is 5.60 Å². The van der Waals surface area contributed by atoms with E-state index in [0.717, 1.165) is 45.2 Å². The molecule has 0 aromatic rings. The second-order valence-corrected chi connectivity index (χ2v) is 7.21. The Morgan fingerprint density at radius 2 is 1.81 bits per heavy atom. The Balaban J connectivity index is 1.94. The van der Waals surface area contributed by atoms with Crippen molar-refractivity contribution in [2.24, 2.45) is 11.3 Å². The van der Waals surface area contributed by atoms with Gasteiger partial charge in [-0.1, -0.05) is 0 Å². The van der Waals surface area contributed by atoms with Crippen LogP contribution >= 0.6 is 0 Å². The molecule has 2 heterocycles. The lowest BCUT2D eigenvalue weighted by Gasteiger charge is -2.44. The van der Waals surface area contributed by atoms with Gasteiger partial charge in [0, 0.05) is 31.7 Å². The fourth-order valence-electron chi connectivity index (χ4n) is 3.33. The summed E-state index contributed by atoms with van der Waals surface area (Å²) in [7, 11) is 0. The van der Waals surface area contributed by atoms with E-state index in [9.17, 15) is 9.59 Å². The summed E-state index contributed by atoms with van der Waals surface area (Å²) >= 11 is 0. The number of piperidine rings is 1. The van der Waals surface area contributed by atoms with E-state index in [1.165, 1.54) is 0 Å². The topological polar surface area (TPSA) is 55.8 Å². The van der Waals surface area contributed by atoms with Crippen LogP contribution in [0.5, 0.6) is 0 Å². The van der Waals surface area contributed by atoms with Crippen LogP contribution in [0.4, 0.5) is 4.79 Å². The van der Waals surface area contributed by atoms with Gasteiger partial charge in [0.25, 0.3) is 0 Å². The molecule has 2 aliphatic heterocycles. The van der Waals surface area contributed by atoms with Gasteiger partial charge < -0.3 is 19.2 Å². The van der Waals surface area contributed by atoms with Gasteiger partial charge in [-0.2, -0.15) is 0 Å². The van der Waals surface area contributed by atoms with Crippen molar-refractivity contribution in [3.8, 4) is 0 Å². The Labute approximate surface area is 127 Å². The predicted molar refractivity (Wildman–Crippen MR) is 79.1 cm³/mol. The van der Waals surface area contributed by atoms with E-state index in [-0.39, 0.29) is 11.5 Å². The van der Waals surface area contributed by atoms with Crippen molar-refractivity contribution in [3.05, 3.63) is 0 Å². The number of carbonyl (C=O) groups excluding carboxylic acids is 2. The number of likely N-dealkylation sites (tertiary alicyclic amines) is 1. The molecule has 21 heavy (non-hydrogen) atoms. The van der Waals surface area contributed by atoms with Crippen molar-refractivity contribution in [3.63, 3.8) is 0 Å². The minimum atomic E-state index is -0.475. The summed E-state index contributed by atoms with van der Waals surface area (Å²) in [6.45, 7) is 8.30. The van der Waals surface area contributed by atoms with Gasteiger partial charge in [0.2, 0.25) is 0 Å². The molecule has 0 aromatic heterocycles. The largest absolute Gasteiger partial charge is 0.444 e. The van der Waals surface area contributed by atoms with E-state index in [4.69, 9.17) is 9.47 Å². The van der Waals surface area contributed by atoms with Gasteiger partial charge in [-0.15, -0.1) is 0 Å². The van der Waals surface area contributed by atoms with Gasteiger partial charge >= 0.3 is 6.09 Å². The van der Waals surface area contributed by atoms with Gasteiger partial charge in [-0.05, 0) is 52.4 Å². The molecule has 2 rings (SSSR count). The number of aldehydes is 1. The van der Waals surface area contributed by atoms with Crippen molar-refractivity contribution in [1.29, 1.82) is 0 Å². The van der Waals surface area contributed by atoms with Crippen molar-refractivity contribution in [1.82, 2.24) is 4.90 Å². The first-order valence-corrected chi connectivity index (χ1v) is 7.88. The smallest absolute Gasteiger partial charge is 0.410 e. The number of amides is 1. The highest BCUT2D eigenvalue weighted by atomic mass is 16.6. The summed E-state index contributed by atoms with van der Waals surface area (Å²) in [5.74, 6) is 0.393. The molecule has 5 nitrogen and oxygen atoms in total. The van der Waals surface area contributed by atoms with E-state index in [0.29, 0.717) is 19.0 Å². The SMILES string of the molecule is CC(C)(C)OC(=O)N1CCC(C=O)(C2CCOCC2)CC1. The molecular weight excluding hydrogens is 270 g/mol. The van der Waals surface area contributed by atoms with Crippen molar-refractivity contribution >= 4 is 12.4 Å². The molecule has 120 valence electrons. The lowest BCUT2D eigenvalue weighted by atomic mass is 9.67. The van der Waals surface area contributed by atoms with Crippen LogP contribution in [0.15, 0.2) is 0 Å². The van der Waals surface area contributed by atoms with Crippen LogP contribution in [0.1, 0.15) is 46.5 Å². The van der Waals surface area contributed by atoms with Gasteiger partial charge in [-0.3, -0.25) is 0 Å². The van der Waals surface area contributed by atoms with Crippen LogP contribution < -0.4 is 0 Å². The summed E-state index contributed by atoms with van der Waals surface area (Å²) in [4.78, 5) is 25.5. The summed E-state index contributed by atoms with van der Waals surface area (Å²) in [5.41, 5.74) is -0.751. The number of hydrogen-bond donors (Lipinski definition) is 0. The Kier molecular flexibility index (Phi) is 4.91. The number of nitrogens with zero attached hydrogens (tertiary/aromatic N) is 1. The first-order chi connectivity index (χ1) is 9.86. The third-order valence-corrected chi connectivity index (χ3v) is 4.62. The zero-order valence-corrected chi connectivity index (χ0v) is 13.4. The maximum absolute atomic E-state index is 12.1. The molecule has 2 aliphatic rings. The van der Waals surface area contributed by atoms with Crippen LogP contribution in [0.2, 0.25) is 0 Å². The van der Waals surface area contributed by atoms with Crippen LogP contribution in [0, 0.1) is 11.3 Å². The summed E-state index contributed by atoms with van der Waals surface area (Å²) in [6, 6.07) is 0. The van der Waals surface area contributed by atoms with E-state index in [1.54, 1.807) is 4.90 Å².